The van der Waals surface area contributed by atoms with Crippen molar-refractivity contribution < 1.29 is 0 Å². The predicted molar refractivity (Wildman–Crippen MR) is 135 cm³/mol. The van der Waals surface area contributed by atoms with Crippen LogP contribution in [0.3, 0.4) is 0 Å². The van der Waals surface area contributed by atoms with E-state index in [1.54, 1.807) is 0 Å². The average molecular weight is 523 g/mol. The Morgan fingerprint density at radius 2 is 2.00 bits per heavy atom. The molecular formula is C22H34IN7. The molecule has 0 amide bonds. The second-order valence-corrected chi connectivity index (χ2v) is 7.76. The van der Waals surface area contributed by atoms with Crippen LogP contribution in [0.4, 0.5) is 0 Å². The van der Waals surface area contributed by atoms with E-state index in [4.69, 9.17) is 4.99 Å². The van der Waals surface area contributed by atoms with E-state index < -0.39 is 0 Å². The Kier molecular flexibility index (Phi) is 8.69. The van der Waals surface area contributed by atoms with Gasteiger partial charge in [0.15, 0.2) is 5.96 Å². The zero-order valence-electron chi connectivity index (χ0n) is 18.9. The van der Waals surface area contributed by atoms with Crippen molar-refractivity contribution in [3.63, 3.8) is 0 Å². The lowest BCUT2D eigenvalue weighted by Gasteiger charge is -2.22. The van der Waals surface area contributed by atoms with Crippen molar-refractivity contribution in [1.82, 2.24) is 29.5 Å². The summed E-state index contributed by atoms with van der Waals surface area (Å²) < 4.78 is 4.13. The molecule has 0 saturated heterocycles. The fourth-order valence-corrected chi connectivity index (χ4v) is 3.70. The molecule has 1 aromatic carbocycles. The minimum atomic E-state index is 0. The van der Waals surface area contributed by atoms with Crippen molar-refractivity contribution >= 4 is 41.0 Å². The van der Waals surface area contributed by atoms with Gasteiger partial charge in [-0.2, -0.15) is 5.10 Å². The zero-order chi connectivity index (χ0) is 21.0. The summed E-state index contributed by atoms with van der Waals surface area (Å²) in [6, 6.07) is 8.26. The number of nitrogens with one attached hydrogen (secondary N) is 1. The molecule has 1 N–H and O–H groups in total. The second-order valence-electron chi connectivity index (χ2n) is 7.76. The third-order valence-corrected chi connectivity index (χ3v) is 5.02. The smallest absolute Gasteiger partial charge is 0.194 e. The number of guanidine groups is 1. The van der Waals surface area contributed by atoms with Gasteiger partial charge in [0.05, 0.1) is 23.3 Å². The largest absolute Gasteiger partial charge is 0.357 e. The van der Waals surface area contributed by atoms with Crippen LogP contribution in [0.25, 0.3) is 11.0 Å². The summed E-state index contributed by atoms with van der Waals surface area (Å²) in [5.74, 6) is 2.33. The highest BCUT2D eigenvalue weighted by Crippen LogP contribution is 2.19. The molecule has 0 fully saturated rings. The Bertz CT molecular complexity index is 987. The van der Waals surface area contributed by atoms with E-state index in [1.165, 1.54) is 5.56 Å². The van der Waals surface area contributed by atoms with Crippen molar-refractivity contribution in [2.24, 2.45) is 12.0 Å². The van der Waals surface area contributed by atoms with Crippen molar-refractivity contribution in [3.8, 4) is 0 Å². The van der Waals surface area contributed by atoms with Gasteiger partial charge in [0, 0.05) is 45.5 Å². The Hall–Kier alpha value is -2.10. The lowest BCUT2D eigenvalue weighted by atomic mass is 10.1. The van der Waals surface area contributed by atoms with E-state index >= 15 is 0 Å². The molecule has 0 radical (unpaired) electrons. The molecule has 0 spiro atoms. The number of aryl methyl sites for hydroxylation is 2. The predicted octanol–water partition coefficient (Wildman–Crippen LogP) is 3.92. The molecule has 0 aliphatic heterocycles. The molecule has 0 aliphatic rings. The van der Waals surface area contributed by atoms with Crippen molar-refractivity contribution in [1.29, 1.82) is 0 Å². The molecule has 3 aromatic rings. The van der Waals surface area contributed by atoms with E-state index in [2.05, 4.69) is 84.0 Å². The molecule has 30 heavy (non-hydrogen) atoms. The lowest BCUT2D eigenvalue weighted by molar-refractivity contribution is 0.472. The number of fused-ring (bicyclic) bond motifs is 1. The van der Waals surface area contributed by atoms with Crippen LogP contribution in [-0.2, 0) is 20.1 Å². The first kappa shape index (κ1) is 24.2. The van der Waals surface area contributed by atoms with E-state index in [9.17, 15) is 0 Å². The Morgan fingerprint density at radius 3 is 2.70 bits per heavy atom. The number of hydrogen-bond acceptors (Lipinski definition) is 3. The fraction of sp³-hybridized carbons (Fsp3) is 0.500. The highest BCUT2D eigenvalue weighted by molar-refractivity contribution is 14.0. The van der Waals surface area contributed by atoms with Gasteiger partial charge in [-0.15, -0.1) is 24.0 Å². The number of benzene rings is 1. The normalized spacial score (nSPS) is 11.8. The van der Waals surface area contributed by atoms with E-state index in [1.807, 2.05) is 17.8 Å². The zero-order valence-corrected chi connectivity index (χ0v) is 21.2. The number of halogens is 1. The first-order valence-electron chi connectivity index (χ1n) is 10.3. The maximum Gasteiger partial charge on any atom is 0.194 e. The van der Waals surface area contributed by atoms with Crippen molar-refractivity contribution in [3.05, 3.63) is 47.5 Å². The summed E-state index contributed by atoms with van der Waals surface area (Å²) in [5, 5.41) is 8.04. The molecule has 8 heteroatoms. The number of rotatable bonds is 7. The van der Waals surface area contributed by atoms with E-state index in [-0.39, 0.29) is 24.0 Å². The van der Waals surface area contributed by atoms with Gasteiger partial charge in [-0.25, -0.2) is 4.98 Å². The fourth-order valence-electron chi connectivity index (χ4n) is 3.70. The highest BCUT2D eigenvalue weighted by atomic mass is 127. The van der Waals surface area contributed by atoms with Crippen LogP contribution in [0.5, 0.6) is 0 Å². The van der Waals surface area contributed by atoms with Crippen LogP contribution in [0.15, 0.2) is 35.5 Å². The molecule has 0 atom stereocenters. The average Bonchev–Trinajstić information content (AvgIpc) is 3.20. The monoisotopic (exact) mass is 523 g/mol. The number of para-hydroxylation sites is 2. The minimum absolute atomic E-state index is 0. The van der Waals surface area contributed by atoms with Crippen molar-refractivity contribution in [2.45, 2.75) is 46.7 Å². The van der Waals surface area contributed by atoms with Gasteiger partial charge in [-0.05, 0) is 31.9 Å². The van der Waals surface area contributed by atoms with Crippen LogP contribution in [-0.4, -0.2) is 50.3 Å². The summed E-state index contributed by atoms with van der Waals surface area (Å²) in [6.45, 7) is 11.6. The summed E-state index contributed by atoms with van der Waals surface area (Å²) >= 11 is 0. The number of aromatic nitrogens is 4. The quantitative estimate of drug-likeness (QED) is 0.290. The summed E-state index contributed by atoms with van der Waals surface area (Å²) in [4.78, 5) is 11.7. The SMILES string of the molecule is CCNC(=NCCn1c(C)nc2ccccc21)N(C)Cc1cn(C)nc1C(C)C.I. The van der Waals surface area contributed by atoms with E-state index in [0.717, 1.165) is 48.1 Å². The summed E-state index contributed by atoms with van der Waals surface area (Å²) in [5.41, 5.74) is 4.59. The van der Waals surface area contributed by atoms with Gasteiger partial charge in [0.1, 0.15) is 5.82 Å². The highest BCUT2D eigenvalue weighted by Gasteiger charge is 2.15. The van der Waals surface area contributed by atoms with Crippen molar-refractivity contribution in [2.75, 3.05) is 20.1 Å². The maximum absolute atomic E-state index is 4.87. The summed E-state index contributed by atoms with van der Waals surface area (Å²) in [6.07, 6.45) is 2.11. The summed E-state index contributed by atoms with van der Waals surface area (Å²) in [7, 11) is 4.06. The molecule has 0 saturated carbocycles. The lowest BCUT2D eigenvalue weighted by Crippen LogP contribution is -2.38. The van der Waals surface area contributed by atoms with Gasteiger partial charge >= 0.3 is 0 Å². The Morgan fingerprint density at radius 1 is 1.27 bits per heavy atom. The van der Waals surface area contributed by atoms with Gasteiger partial charge in [-0.1, -0.05) is 26.0 Å². The molecule has 164 valence electrons. The molecule has 2 heterocycles. The first-order chi connectivity index (χ1) is 13.9. The topological polar surface area (TPSA) is 63.3 Å². The Labute approximate surface area is 196 Å². The third-order valence-electron chi connectivity index (χ3n) is 5.02. The van der Waals surface area contributed by atoms with Crippen LogP contribution < -0.4 is 5.32 Å². The van der Waals surface area contributed by atoms with Gasteiger partial charge in [0.25, 0.3) is 0 Å². The number of hydrogen-bond donors (Lipinski definition) is 1. The molecule has 0 aliphatic carbocycles. The first-order valence-corrected chi connectivity index (χ1v) is 10.3. The number of imidazole rings is 1. The third kappa shape index (κ3) is 5.53. The molecule has 7 nitrogen and oxygen atoms in total. The molecule has 0 unspecified atom stereocenters. The van der Waals surface area contributed by atoms with Crippen LogP contribution in [0.2, 0.25) is 0 Å². The molecule has 2 aromatic heterocycles. The van der Waals surface area contributed by atoms with Gasteiger partial charge < -0.3 is 14.8 Å². The Balaban J connectivity index is 0.00000320. The minimum Gasteiger partial charge on any atom is -0.357 e. The second kappa shape index (κ2) is 10.8. The standard InChI is InChI=1S/C22H33N7.HI/c1-7-23-22(27(5)14-18-15-28(6)26-21(18)16(2)3)24-12-13-29-17(4)25-19-10-8-9-11-20(19)29;/h8-11,15-16H,7,12-14H2,1-6H3,(H,23,24);1H. The molecule has 3 rings (SSSR count). The number of nitrogens with zero attached hydrogens (tertiary/aromatic N) is 6. The van der Waals surface area contributed by atoms with E-state index in [0.29, 0.717) is 12.5 Å². The van der Waals surface area contributed by atoms with Gasteiger partial charge in [0.2, 0.25) is 0 Å². The van der Waals surface area contributed by atoms with Crippen LogP contribution in [0, 0.1) is 6.92 Å². The van der Waals surface area contributed by atoms with Crippen LogP contribution >= 0.6 is 24.0 Å². The molecular weight excluding hydrogens is 489 g/mol. The van der Waals surface area contributed by atoms with Gasteiger partial charge in [-0.3, -0.25) is 9.67 Å². The molecule has 0 bridgehead atoms. The maximum atomic E-state index is 4.87. The van der Waals surface area contributed by atoms with Crippen LogP contribution in [0.1, 0.15) is 43.8 Å². The number of aliphatic imine (C=N–C) groups is 1.